The van der Waals surface area contributed by atoms with E-state index in [2.05, 4.69) is 35.2 Å². The van der Waals surface area contributed by atoms with Crippen molar-refractivity contribution < 1.29 is 18.7 Å². The van der Waals surface area contributed by atoms with Crippen LogP contribution in [-0.4, -0.2) is 42.3 Å². The Morgan fingerprint density at radius 1 is 0.974 bits per heavy atom. The molecule has 0 aromatic heterocycles. The van der Waals surface area contributed by atoms with Gasteiger partial charge in [0.15, 0.2) is 0 Å². The first kappa shape index (κ1) is 25.7. The van der Waals surface area contributed by atoms with Gasteiger partial charge in [0.2, 0.25) is 0 Å². The van der Waals surface area contributed by atoms with E-state index in [4.69, 9.17) is 0 Å². The van der Waals surface area contributed by atoms with Crippen molar-refractivity contribution in [1.29, 1.82) is 0 Å². The van der Waals surface area contributed by atoms with E-state index in [0.29, 0.717) is 17.9 Å². The van der Waals surface area contributed by atoms with Crippen LogP contribution in [0, 0.1) is 5.82 Å². The number of rotatable bonds is 8. The number of carboxylic acids is 1. The normalized spacial score (nSPS) is 17.4. The molecule has 1 aliphatic heterocycles. The van der Waals surface area contributed by atoms with Crippen LogP contribution in [0.15, 0.2) is 66.2 Å². The molecule has 0 atom stereocenters. The first-order valence-electron chi connectivity index (χ1n) is 14.0. The van der Waals surface area contributed by atoms with Gasteiger partial charge in [-0.2, -0.15) is 0 Å². The maximum absolute atomic E-state index is 14.3. The summed E-state index contributed by atoms with van der Waals surface area (Å²) in [6.45, 7) is 2.32. The molecule has 1 heterocycles. The molecule has 1 saturated carbocycles. The summed E-state index contributed by atoms with van der Waals surface area (Å²) in [6, 6.07) is 19.3. The molecule has 0 bridgehead atoms. The highest BCUT2D eigenvalue weighted by atomic mass is 19.1. The molecule has 1 N–H and O–H groups in total. The summed E-state index contributed by atoms with van der Waals surface area (Å²) in [5.41, 5.74) is 10.5. The van der Waals surface area contributed by atoms with Gasteiger partial charge < -0.3 is 5.11 Å². The monoisotopic (exact) mass is 525 g/mol. The number of carboxylic acid groups (broad SMARTS) is 1. The third kappa shape index (κ3) is 5.46. The van der Waals surface area contributed by atoms with Crippen molar-refractivity contribution in [2.24, 2.45) is 0 Å². The maximum Gasteiger partial charge on any atom is 0.335 e. The summed E-state index contributed by atoms with van der Waals surface area (Å²) in [7, 11) is 0. The lowest BCUT2D eigenvalue weighted by atomic mass is 9.85. The van der Waals surface area contributed by atoms with Crippen LogP contribution in [0.5, 0.6) is 0 Å². The van der Waals surface area contributed by atoms with Gasteiger partial charge in [-0.25, -0.2) is 9.18 Å². The van der Waals surface area contributed by atoms with Crippen molar-refractivity contribution in [2.75, 3.05) is 26.3 Å². The highest BCUT2D eigenvalue weighted by Gasteiger charge is 2.30. The smallest absolute Gasteiger partial charge is 0.335 e. The van der Waals surface area contributed by atoms with Crippen LogP contribution in [0.4, 0.5) is 8.78 Å². The number of hydrogen-bond donors (Lipinski definition) is 1. The number of alkyl halides is 1. The second-order valence-electron chi connectivity index (χ2n) is 11.1. The molecule has 39 heavy (non-hydrogen) atoms. The second-order valence-corrected chi connectivity index (χ2v) is 11.1. The summed E-state index contributed by atoms with van der Waals surface area (Å²) >= 11 is 0. The van der Waals surface area contributed by atoms with Crippen LogP contribution in [0.3, 0.4) is 0 Å². The van der Waals surface area contributed by atoms with E-state index >= 15 is 0 Å². The highest BCUT2D eigenvalue weighted by molar-refractivity contribution is 6.01. The second kappa shape index (κ2) is 10.9. The van der Waals surface area contributed by atoms with Crippen molar-refractivity contribution in [3.63, 3.8) is 0 Å². The van der Waals surface area contributed by atoms with Crippen LogP contribution in [0.25, 0.3) is 17.2 Å². The molecule has 0 unspecified atom stereocenters. The first-order valence-corrected chi connectivity index (χ1v) is 14.0. The Morgan fingerprint density at radius 3 is 2.46 bits per heavy atom. The zero-order valence-electron chi connectivity index (χ0n) is 22.1. The van der Waals surface area contributed by atoms with Gasteiger partial charge in [-0.05, 0) is 119 Å². The number of hydrogen-bond acceptors (Lipinski definition) is 2. The van der Waals surface area contributed by atoms with Gasteiger partial charge in [-0.15, -0.1) is 0 Å². The van der Waals surface area contributed by atoms with E-state index in [1.54, 1.807) is 18.2 Å². The Labute approximate surface area is 228 Å². The number of fused-ring (bicyclic) bond motifs is 1. The minimum absolute atomic E-state index is 0.195. The summed E-state index contributed by atoms with van der Waals surface area (Å²) in [5, 5.41) is 9.61. The van der Waals surface area contributed by atoms with E-state index in [-0.39, 0.29) is 12.5 Å². The van der Waals surface area contributed by atoms with E-state index in [1.165, 1.54) is 11.1 Å². The molecule has 3 aliphatic rings. The van der Waals surface area contributed by atoms with E-state index in [9.17, 15) is 18.7 Å². The van der Waals surface area contributed by atoms with Crippen LogP contribution < -0.4 is 0 Å². The molecular weight excluding hydrogens is 492 g/mol. The topological polar surface area (TPSA) is 40.5 Å². The average Bonchev–Trinajstić information content (AvgIpc) is 3.77. The van der Waals surface area contributed by atoms with Gasteiger partial charge >= 0.3 is 5.97 Å². The zero-order valence-corrected chi connectivity index (χ0v) is 22.1. The Bertz CT molecular complexity index is 1460. The van der Waals surface area contributed by atoms with Gasteiger partial charge in [-0.1, -0.05) is 42.5 Å². The molecule has 0 radical (unpaired) electrons. The summed E-state index contributed by atoms with van der Waals surface area (Å²) in [4.78, 5) is 14.0. The van der Waals surface area contributed by atoms with Crippen molar-refractivity contribution in [3.8, 4) is 0 Å². The van der Waals surface area contributed by atoms with Gasteiger partial charge in [0, 0.05) is 19.6 Å². The molecular formula is C34H33F2NO2. The Morgan fingerprint density at radius 2 is 1.74 bits per heavy atom. The van der Waals surface area contributed by atoms with E-state index in [0.717, 1.165) is 90.7 Å². The number of halogens is 2. The van der Waals surface area contributed by atoms with Gasteiger partial charge in [0.1, 0.15) is 5.82 Å². The lowest BCUT2D eigenvalue weighted by molar-refractivity contribution is 0.0696. The van der Waals surface area contributed by atoms with E-state index in [1.807, 2.05) is 18.2 Å². The predicted molar refractivity (Wildman–Crippen MR) is 152 cm³/mol. The summed E-state index contributed by atoms with van der Waals surface area (Å²) in [5.74, 6) is -0.707. The molecule has 200 valence electrons. The molecule has 2 fully saturated rings. The number of benzene rings is 3. The van der Waals surface area contributed by atoms with E-state index < -0.39 is 5.97 Å². The predicted octanol–water partition coefficient (Wildman–Crippen LogP) is 7.76. The Hall–Kier alpha value is -3.57. The molecule has 3 aromatic carbocycles. The average molecular weight is 526 g/mol. The lowest BCUT2D eigenvalue weighted by Crippen LogP contribution is -2.40. The SMILES string of the molecule is O=C(O)c1ccc2c(c1)CCCC(c1ccc(F)cc1C1CC1)=C2c1ccc(C=C2CN(CCCF)C2)cc1. The van der Waals surface area contributed by atoms with Crippen molar-refractivity contribution in [3.05, 3.63) is 111 Å². The quantitative estimate of drug-likeness (QED) is 0.327. The molecule has 0 spiro atoms. The van der Waals surface area contributed by atoms with Crippen molar-refractivity contribution in [1.82, 2.24) is 4.90 Å². The number of aryl methyl sites for hydroxylation is 1. The fourth-order valence-electron chi connectivity index (χ4n) is 6.10. The van der Waals surface area contributed by atoms with Gasteiger partial charge in [0.05, 0.1) is 12.2 Å². The minimum Gasteiger partial charge on any atom is -0.478 e. The fraction of sp³-hybridized carbons (Fsp3) is 0.324. The number of aromatic carboxylic acids is 1. The molecule has 6 rings (SSSR count). The molecule has 5 heteroatoms. The number of likely N-dealkylation sites (tertiary alicyclic amines) is 1. The van der Waals surface area contributed by atoms with Crippen LogP contribution >= 0.6 is 0 Å². The number of carbonyl (C=O) groups is 1. The third-order valence-corrected chi connectivity index (χ3v) is 8.18. The minimum atomic E-state index is -0.918. The number of allylic oxidation sites excluding steroid dienone is 1. The Balaban J connectivity index is 1.42. The molecule has 0 amide bonds. The standard InChI is InChI=1S/C34H33F2NO2/c35-15-2-16-37-20-23(21-37)17-22-5-7-25(8-6-22)33-29-13-11-27(34(38)39)18-26(29)3-1-4-31(33)30-14-12-28(36)19-32(30)24-9-10-24/h5-8,11-14,17-19,24H,1-4,9-10,15-16,20-21H2,(H,38,39). The maximum atomic E-state index is 14.3. The molecule has 3 nitrogen and oxygen atoms in total. The third-order valence-electron chi connectivity index (χ3n) is 8.18. The van der Waals surface area contributed by atoms with Gasteiger partial charge in [0.25, 0.3) is 0 Å². The largest absolute Gasteiger partial charge is 0.478 e. The highest BCUT2D eigenvalue weighted by Crippen LogP contribution is 2.47. The Kier molecular flexibility index (Phi) is 7.18. The van der Waals surface area contributed by atoms with Crippen LogP contribution in [0.2, 0.25) is 0 Å². The van der Waals surface area contributed by atoms with Crippen molar-refractivity contribution in [2.45, 2.75) is 44.4 Å². The molecule has 3 aromatic rings. The zero-order chi connectivity index (χ0) is 26.9. The van der Waals surface area contributed by atoms with Crippen LogP contribution in [-0.2, 0) is 6.42 Å². The fourth-order valence-corrected chi connectivity index (χ4v) is 6.10. The number of nitrogens with zero attached hydrogens (tertiary/aromatic N) is 1. The molecule has 2 aliphatic carbocycles. The molecule has 1 saturated heterocycles. The van der Waals surface area contributed by atoms with Gasteiger partial charge in [-0.3, -0.25) is 9.29 Å². The summed E-state index contributed by atoms with van der Waals surface area (Å²) < 4.78 is 26.8. The lowest BCUT2D eigenvalue weighted by Gasteiger charge is -2.33. The van der Waals surface area contributed by atoms with Crippen molar-refractivity contribution >= 4 is 23.2 Å². The first-order chi connectivity index (χ1) is 19.0. The van der Waals surface area contributed by atoms with Crippen LogP contribution in [0.1, 0.15) is 81.8 Å². The summed E-state index contributed by atoms with van der Waals surface area (Å²) in [6.07, 6.45) is 7.53.